The molecule has 1 heterocycles. The lowest BCUT2D eigenvalue weighted by Gasteiger charge is -2.24. The molecule has 2 bridgehead atoms. The van der Waals surface area contributed by atoms with E-state index in [1.165, 1.54) is 37.0 Å². The van der Waals surface area contributed by atoms with Gasteiger partial charge < -0.3 is 5.73 Å². The average molecular weight is 290 g/mol. The highest BCUT2D eigenvalue weighted by Gasteiger charge is 2.40. The van der Waals surface area contributed by atoms with Crippen molar-refractivity contribution in [3.63, 3.8) is 0 Å². The lowest BCUT2D eigenvalue weighted by molar-refractivity contribution is 0.296. The molecule has 0 spiro atoms. The monoisotopic (exact) mass is 289 g/mol. The van der Waals surface area contributed by atoms with Crippen molar-refractivity contribution in [2.45, 2.75) is 38.1 Å². The van der Waals surface area contributed by atoms with Crippen LogP contribution in [0, 0.1) is 17.8 Å². The minimum absolute atomic E-state index is 0.0654. The third kappa shape index (κ3) is 2.37. The maximum atomic E-state index is 6.28. The molecule has 0 saturated heterocycles. The van der Waals surface area contributed by atoms with Crippen LogP contribution < -0.4 is 5.73 Å². The Morgan fingerprint density at radius 2 is 2.18 bits per heavy atom. The fourth-order valence-electron chi connectivity index (χ4n) is 3.72. The van der Waals surface area contributed by atoms with Crippen LogP contribution in [-0.4, -0.2) is 0 Å². The van der Waals surface area contributed by atoms with Crippen molar-refractivity contribution < 1.29 is 0 Å². The van der Waals surface area contributed by atoms with Gasteiger partial charge in [-0.2, -0.15) is 0 Å². The summed E-state index contributed by atoms with van der Waals surface area (Å²) in [5, 5.41) is 0. The van der Waals surface area contributed by atoms with E-state index in [-0.39, 0.29) is 6.04 Å². The molecule has 4 unspecified atom stereocenters. The molecule has 0 amide bonds. The predicted molar refractivity (Wildman–Crippen MR) is 74.8 cm³/mol. The molecule has 17 heavy (non-hydrogen) atoms. The van der Waals surface area contributed by atoms with E-state index in [4.69, 9.17) is 28.9 Å². The van der Waals surface area contributed by atoms with Crippen LogP contribution in [0.25, 0.3) is 0 Å². The van der Waals surface area contributed by atoms with Crippen molar-refractivity contribution in [3.8, 4) is 0 Å². The van der Waals surface area contributed by atoms with Gasteiger partial charge in [0.1, 0.15) is 0 Å². The Morgan fingerprint density at radius 1 is 1.35 bits per heavy atom. The van der Waals surface area contributed by atoms with Gasteiger partial charge in [-0.25, -0.2) is 0 Å². The van der Waals surface area contributed by atoms with Gasteiger partial charge >= 0.3 is 0 Å². The molecular formula is C13H17Cl2NS. The smallest absolute Gasteiger partial charge is 0.0991 e. The average Bonchev–Trinajstić information content (AvgIpc) is 2.93. The Morgan fingerprint density at radius 3 is 2.71 bits per heavy atom. The molecular weight excluding hydrogens is 273 g/mol. The first-order chi connectivity index (χ1) is 8.13. The molecule has 1 aromatic heterocycles. The van der Waals surface area contributed by atoms with Crippen LogP contribution in [0.5, 0.6) is 0 Å². The lowest BCUT2D eigenvalue weighted by Crippen LogP contribution is -2.19. The van der Waals surface area contributed by atoms with Crippen molar-refractivity contribution in [2.24, 2.45) is 23.5 Å². The Labute approximate surface area is 116 Å². The van der Waals surface area contributed by atoms with Gasteiger partial charge in [-0.05, 0) is 55.1 Å². The summed E-state index contributed by atoms with van der Waals surface area (Å²) in [6, 6.07) is 2.00. The van der Waals surface area contributed by atoms with E-state index in [1.807, 2.05) is 6.07 Å². The van der Waals surface area contributed by atoms with Crippen molar-refractivity contribution in [3.05, 3.63) is 20.3 Å². The summed E-state index contributed by atoms with van der Waals surface area (Å²) >= 11 is 13.5. The minimum Gasteiger partial charge on any atom is -0.324 e. The molecule has 2 aliphatic rings. The molecule has 2 N–H and O–H groups in total. The fourth-order valence-corrected chi connectivity index (χ4v) is 5.32. The minimum atomic E-state index is 0.0654. The van der Waals surface area contributed by atoms with E-state index in [2.05, 4.69) is 0 Å². The largest absolute Gasteiger partial charge is 0.324 e. The molecule has 4 heteroatoms. The fraction of sp³-hybridized carbons (Fsp3) is 0.692. The van der Waals surface area contributed by atoms with Crippen molar-refractivity contribution >= 4 is 34.5 Å². The van der Waals surface area contributed by atoms with E-state index in [0.29, 0.717) is 0 Å². The van der Waals surface area contributed by atoms with Gasteiger partial charge in [-0.15, -0.1) is 11.3 Å². The lowest BCUT2D eigenvalue weighted by atomic mass is 9.83. The van der Waals surface area contributed by atoms with Crippen LogP contribution in [0.3, 0.4) is 0 Å². The van der Waals surface area contributed by atoms with Crippen molar-refractivity contribution in [1.29, 1.82) is 0 Å². The number of halogens is 2. The molecule has 0 radical (unpaired) electrons. The van der Waals surface area contributed by atoms with Crippen LogP contribution in [0.4, 0.5) is 0 Å². The van der Waals surface area contributed by atoms with E-state index in [0.717, 1.165) is 38.4 Å². The van der Waals surface area contributed by atoms with E-state index >= 15 is 0 Å². The number of nitrogens with two attached hydrogens (primary N) is 1. The maximum absolute atomic E-state index is 6.28. The number of rotatable bonds is 3. The summed E-state index contributed by atoms with van der Waals surface area (Å²) in [7, 11) is 0. The predicted octanol–water partition coefficient (Wildman–Crippen LogP) is 4.88. The topological polar surface area (TPSA) is 26.0 Å². The van der Waals surface area contributed by atoms with E-state index < -0.39 is 0 Å². The molecule has 3 rings (SSSR count). The normalized spacial score (nSPS) is 33.2. The Hall–Kier alpha value is 0.240. The third-order valence-corrected chi connectivity index (χ3v) is 6.04. The van der Waals surface area contributed by atoms with Gasteiger partial charge in [0.2, 0.25) is 0 Å². The highest BCUT2D eigenvalue weighted by molar-refractivity contribution is 7.20. The maximum Gasteiger partial charge on any atom is 0.0991 e. The van der Waals surface area contributed by atoms with E-state index in [9.17, 15) is 0 Å². The third-order valence-electron chi connectivity index (χ3n) is 4.52. The quantitative estimate of drug-likeness (QED) is 0.843. The molecule has 1 aromatic rings. The van der Waals surface area contributed by atoms with E-state index in [1.54, 1.807) is 0 Å². The highest BCUT2D eigenvalue weighted by atomic mass is 35.5. The van der Waals surface area contributed by atoms with Gasteiger partial charge in [-0.1, -0.05) is 29.6 Å². The van der Waals surface area contributed by atoms with Crippen molar-refractivity contribution in [1.82, 2.24) is 0 Å². The van der Waals surface area contributed by atoms with Gasteiger partial charge in [0, 0.05) is 6.04 Å². The summed E-state index contributed by atoms with van der Waals surface area (Å²) in [4.78, 5) is 0. The number of fused-ring (bicyclic) bond motifs is 2. The zero-order chi connectivity index (χ0) is 12.0. The molecule has 2 fully saturated rings. The van der Waals surface area contributed by atoms with Gasteiger partial charge in [0.15, 0.2) is 0 Å². The first-order valence-corrected chi connectivity index (χ1v) is 7.91. The highest BCUT2D eigenvalue weighted by Crippen LogP contribution is 2.51. The molecule has 1 nitrogen and oxygen atoms in total. The van der Waals surface area contributed by atoms with Gasteiger partial charge in [0.05, 0.1) is 8.67 Å². The van der Waals surface area contributed by atoms with Crippen LogP contribution in [0.15, 0.2) is 6.07 Å². The van der Waals surface area contributed by atoms with Crippen LogP contribution in [0.2, 0.25) is 8.67 Å². The molecule has 4 atom stereocenters. The molecule has 94 valence electrons. The summed E-state index contributed by atoms with van der Waals surface area (Å²) in [6.07, 6.45) is 6.76. The number of thiophene rings is 1. The van der Waals surface area contributed by atoms with Gasteiger partial charge in [0.25, 0.3) is 0 Å². The van der Waals surface area contributed by atoms with Crippen LogP contribution >= 0.6 is 34.5 Å². The molecule has 2 saturated carbocycles. The Balaban J connectivity index is 1.67. The van der Waals surface area contributed by atoms with Crippen LogP contribution in [-0.2, 0) is 0 Å². The zero-order valence-electron chi connectivity index (χ0n) is 9.66. The van der Waals surface area contributed by atoms with Crippen molar-refractivity contribution in [2.75, 3.05) is 0 Å². The summed E-state index contributed by atoms with van der Waals surface area (Å²) in [5.74, 6) is 2.73. The Kier molecular flexibility index (Phi) is 3.42. The molecule has 2 aliphatic carbocycles. The van der Waals surface area contributed by atoms with Gasteiger partial charge in [-0.3, -0.25) is 0 Å². The first-order valence-electron chi connectivity index (χ1n) is 6.33. The SMILES string of the molecule is NC(CC1CC2CCC1C2)c1cc(Cl)sc1Cl. The number of hydrogen-bond acceptors (Lipinski definition) is 2. The summed E-state index contributed by atoms with van der Waals surface area (Å²) in [5.41, 5.74) is 7.33. The van der Waals surface area contributed by atoms with Crippen LogP contribution in [0.1, 0.15) is 43.7 Å². The molecule has 0 aliphatic heterocycles. The standard InChI is InChI=1S/C13H17Cl2NS/c14-12-6-10(13(15)17-12)11(16)5-9-4-7-1-2-8(9)3-7/h6-9,11H,1-5,16H2. The second-order valence-electron chi connectivity index (χ2n) is 5.56. The summed E-state index contributed by atoms with van der Waals surface area (Å²) in [6.45, 7) is 0. The summed E-state index contributed by atoms with van der Waals surface area (Å²) < 4.78 is 1.51. The Bertz CT molecular complexity index is 418. The number of hydrogen-bond donors (Lipinski definition) is 1. The second-order valence-corrected chi connectivity index (χ2v) is 7.84. The first kappa shape index (κ1) is 12.3. The zero-order valence-corrected chi connectivity index (χ0v) is 12.0. The molecule has 0 aromatic carbocycles. The second kappa shape index (κ2) is 4.73.